The number of amides is 1. The summed E-state index contributed by atoms with van der Waals surface area (Å²) in [6, 6.07) is 2.09. The zero-order valence-electron chi connectivity index (χ0n) is 15.9. The molecule has 11 heteroatoms. The SMILES string of the molecule is CC(=O)CNC(=O)C(C)(CC(C)(C#N)CCC(=O)O)SC(=S)SCCC(=O)O. The molecule has 0 aliphatic heterocycles. The van der Waals surface area contributed by atoms with Crippen molar-refractivity contribution in [3.63, 3.8) is 0 Å². The number of nitrogens with zero attached hydrogens (tertiary/aromatic N) is 1. The van der Waals surface area contributed by atoms with Gasteiger partial charge < -0.3 is 15.5 Å². The number of carboxylic acid groups (broad SMARTS) is 2. The van der Waals surface area contributed by atoms with Crippen LogP contribution in [-0.4, -0.2) is 54.4 Å². The van der Waals surface area contributed by atoms with Crippen LogP contribution in [0.25, 0.3) is 0 Å². The molecule has 0 saturated carbocycles. The lowest BCUT2D eigenvalue weighted by Crippen LogP contribution is -2.46. The fourth-order valence-electron chi connectivity index (χ4n) is 2.30. The van der Waals surface area contributed by atoms with Crippen molar-refractivity contribution in [1.82, 2.24) is 5.32 Å². The fraction of sp³-hybridized carbons (Fsp3) is 0.647. The summed E-state index contributed by atoms with van der Waals surface area (Å²) in [7, 11) is 0. The van der Waals surface area contributed by atoms with Gasteiger partial charge in [0.05, 0.1) is 29.2 Å². The van der Waals surface area contributed by atoms with E-state index in [-0.39, 0.29) is 43.8 Å². The van der Waals surface area contributed by atoms with Gasteiger partial charge >= 0.3 is 11.9 Å². The number of thioether (sulfide) groups is 2. The van der Waals surface area contributed by atoms with Crippen LogP contribution in [0.15, 0.2) is 0 Å². The number of nitrogens with one attached hydrogen (secondary N) is 1. The second kappa shape index (κ2) is 12.0. The zero-order chi connectivity index (χ0) is 22.0. The maximum absolute atomic E-state index is 12.7. The summed E-state index contributed by atoms with van der Waals surface area (Å²) in [6.07, 6.45) is -0.253. The minimum absolute atomic E-state index is 0.0117. The maximum atomic E-state index is 12.7. The molecule has 0 fully saturated rings. The van der Waals surface area contributed by atoms with Crippen molar-refractivity contribution in [2.75, 3.05) is 12.3 Å². The first-order valence-electron chi connectivity index (χ1n) is 8.32. The Morgan fingerprint density at radius 1 is 1.14 bits per heavy atom. The third kappa shape index (κ3) is 10.6. The minimum Gasteiger partial charge on any atom is -0.481 e. The topological polar surface area (TPSA) is 145 Å². The smallest absolute Gasteiger partial charge is 0.304 e. The van der Waals surface area contributed by atoms with Crippen LogP contribution >= 0.6 is 35.7 Å². The largest absolute Gasteiger partial charge is 0.481 e. The lowest BCUT2D eigenvalue weighted by atomic mass is 9.78. The first-order chi connectivity index (χ1) is 12.8. The molecule has 0 aliphatic carbocycles. The fourth-order valence-corrected chi connectivity index (χ4v) is 5.51. The summed E-state index contributed by atoms with van der Waals surface area (Å²) in [5, 5.41) is 29.7. The quantitative estimate of drug-likeness (QED) is 0.381. The standard InChI is InChI=1S/C17H24N2O6S3/c1-11(20)8-19-14(25)17(3,28-15(26)27-7-5-13(23)24)9-16(2,10-18)6-4-12(21)22/h4-9H2,1-3H3,(H,19,25)(H,21,22)(H,23,24). The maximum Gasteiger partial charge on any atom is 0.304 e. The number of hydrogen-bond acceptors (Lipinski definition) is 8. The summed E-state index contributed by atoms with van der Waals surface area (Å²) in [5.74, 6) is -2.51. The van der Waals surface area contributed by atoms with Gasteiger partial charge in [-0.15, -0.1) is 11.8 Å². The van der Waals surface area contributed by atoms with Crippen LogP contribution < -0.4 is 5.32 Å². The van der Waals surface area contributed by atoms with Crippen molar-refractivity contribution in [1.29, 1.82) is 5.26 Å². The number of ketones is 1. The van der Waals surface area contributed by atoms with Gasteiger partial charge in [0.2, 0.25) is 5.91 Å². The third-order valence-electron chi connectivity index (χ3n) is 3.71. The van der Waals surface area contributed by atoms with Crippen LogP contribution in [0.5, 0.6) is 0 Å². The Morgan fingerprint density at radius 3 is 2.18 bits per heavy atom. The zero-order valence-corrected chi connectivity index (χ0v) is 18.4. The number of hydrogen-bond donors (Lipinski definition) is 3. The first-order valence-corrected chi connectivity index (χ1v) is 10.5. The highest BCUT2D eigenvalue weighted by molar-refractivity contribution is 8.47. The summed E-state index contributed by atoms with van der Waals surface area (Å²) >= 11 is 7.38. The van der Waals surface area contributed by atoms with Crippen molar-refractivity contribution in [2.24, 2.45) is 5.41 Å². The number of nitriles is 1. The Labute approximate surface area is 177 Å². The molecule has 8 nitrogen and oxygen atoms in total. The third-order valence-corrected chi connectivity index (χ3v) is 6.51. The Bertz CT molecular complexity index is 678. The molecule has 0 aliphatic rings. The Kier molecular flexibility index (Phi) is 11.3. The number of aliphatic carboxylic acids is 2. The molecule has 0 aromatic heterocycles. The number of thiocarbonyl (C=S) groups is 1. The summed E-state index contributed by atoms with van der Waals surface area (Å²) in [5.41, 5.74) is -1.10. The van der Waals surface area contributed by atoms with Crippen molar-refractivity contribution in [3.8, 4) is 6.07 Å². The number of Topliss-reactive ketones (excluding diaryl/α,β-unsaturated/α-hetero) is 1. The predicted molar refractivity (Wildman–Crippen MR) is 112 cm³/mol. The van der Waals surface area contributed by atoms with E-state index in [1.807, 2.05) is 0 Å². The van der Waals surface area contributed by atoms with Gasteiger partial charge in [0.15, 0.2) is 0 Å². The van der Waals surface area contributed by atoms with Crippen LogP contribution in [0.4, 0.5) is 0 Å². The molecule has 3 N–H and O–H groups in total. The molecule has 0 aromatic carbocycles. The van der Waals surface area contributed by atoms with Crippen LogP contribution in [0, 0.1) is 16.7 Å². The van der Waals surface area contributed by atoms with E-state index in [0.717, 1.165) is 23.5 Å². The molecule has 0 rings (SSSR count). The molecule has 2 unspecified atom stereocenters. The van der Waals surface area contributed by atoms with Gasteiger partial charge in [-0.3, -0.25) is 19.2 Å². The first kappa shape index (κ1) is 26.4. The van der Waals surface area contributed by atoms with E-state index in [9.17, 15) is 24.4 Å². The normalized spacial score (nSPS) is 14.8. The molecular formula is C17H24N2O6S3. The Balaban J connectivity index is 5.41. The van der Waals surface area contributed by atoms with Gasteiger partial charge in [0.25, 0.3) is 0 Å². The van der Waals surface area contributed by atoms with Gasteiger partial charge in [-0.2, -0.15) is 5.26 Å². The van der Waals surface area contributed by atoms with E-state index in [2.05, 4.69) is 11.4 Å². The number of rotatable bonds is 12. The van der Waals surface area contributed by atoms with E-state index < -0.39 is 28.0 Å². The van der Waals surface area contributed by atoms with Crippen LogP contribution in [0.1, 0.15) is 46.5 Å². The minimum atomic E-state index is -1.23. The van der Waals surface area contributed by atoms with Crippen LogP contribution in [0.3, 0.4) is 0 Å². The second-order valence-electron chi connectivity index (χ2n) is 6.70. The van der Waals surface area contributed by atoms with Gasteiger partial charge in [0, 0.05) is 12.2 Å². The monoisotopic (exact) mass is 448 g/mol. The molecule has 0 saturated heterocycles. The molecule has 0 aromatic rings. The second-order valence-corrected chi connectivity index (χ2v) is 10.5. The lowest BCUT2D eigenvalue weighted by molar-refractivity contribution is -0.138. The number of carbonyl (C=O) groups excluding carboxylic acids is 2. The molecule has 1 amide bonds. The van der Waals surface area contributed by atoms with E-state index in [0.29, 0.717) is 3.53 Å². The highest BCUT2D eigenvalue weighted by atomic mass is 32.2. The van der Waals surface area contributed by atoms with Crippen molar-refractivity contribution >= 4 is 62.9 Å². The summed E-state index contributed by atoms with van der Waals surface area (Å²) in [4.78, 5) is 45.5. The molecule has 156 valence electrons. The molecule has 28 heavy (non-hydrogen) atoms. The van der Waals surface area contributed by atoms with Gasteiger partial charge in [-0.1, -0.05) is 24.0 Å². The van der Waals surface area contributed by atoms with Crippen molar-refractivity contribution in [2.45, 2.75) is 51.2 Å². The van der Waals surface area contributed by atoms with Gasteiger partial charge in [-0.05, 0) is 33.6 Å². The molecule has 0 radical (unpaired) electrons. The Hall–Kier alpha value is -1.64. The summed E-state index contributed by atoms with van der Waals surface area (Å²) in [6.45, 7) is 4.30. The predicted octanol–water partition coefficient (Wildman–Crippen LogP) is 2.46. The van der Waals surface area contributed by atoms with E-state index in [4.69, 9.17) is 22.4 Å². The average Bonchev–Trinajstić information content (AvgIpc) is 2.57. The van der Waals surface area contributed by atoms with Crippen molar-refractivity contribution < 1.29 is 29.4 Å². The number of carbonyl (C=O) groups is 4. The van der Waals surface area contributed by atoms with E-state index >= 15 is 0 Å². The highest BCUT2D eigenvalue weighted by Crippen LogP contribution is 2.42. The van der Waals surface area contributed by atoms with Gasteiger partial charge in [0.1, 0.15) is 9.31 Å². The van der Waals surface area contributed by atoms with Crippen LogP contribution in [0.2, 0.25) is 0 Å². The van der Waals surface area contributed by atoms with Crippen LogP contribution in [-0.2, 0) is 19.2 Å². The van der Waals surface area contributed by atoms with E-state index in [1.54, 1.807) is 13.8 Å². The average molecular weight is 449 g/mol. The molecule has 2 atom stereocenters. The molecule has 0 spiro atoms. The molecular weight excluding hydrogens is 424 g/mol. The van der Waals surface area contributed by atoms with Crippen molar-refractivity contribution in [3.05, 3.63) is 0 Å². The highest BCUT2D eigenvalue weighted by Gasteiger charge is 2.42. The number of carboxylic acids is 2. The van der Waals surface area contributed by atoms with E-state index in [1.165, 1.54) is 6.92 Å². The summed E-state index contributed by atoms with van der Waals surface area (Å²) < 4.78 is -0.897. The lowest BCUT2D eigenvalue weighted by Gasteiger charge is -2.34. The van der Waals surface area contributed by atoms with Gasteiger partial charge in [-0.25, -0.2) is 0 Å². The Morgan fingerprint density at radius 2 is 1.71 bits per heavy atom. The molecule has 0 heterocycles. The molecule has 0 bridgehead atoms.